The molecule has 112 valence electrons. The average molecular weight is 332 g/mol. The fourth-order valence-corrected chi connectivity index (χ4v) is 4.26. The number of thioether (sulfide) groups is 1. The number of nitrogens with one attached hydrogen (secondary N) is 1. The summed E-state index contributed by atoms with van der Waals surface area (Å²) in [5, 5.41) is 5.86. The van der Waals surface area contributed by atoms with Crippen molar-refractivity contribution in [3.05, 3.63) is 33.8 Å². The van der Waals surface area contributed by atoms with Gasteiger partial charge in [-0.3, -0.25) is 0 Å². The number of hydrogen-bond donors (Lipinski definition) is 1. The van der Waals surface area contributed by atoms with Crippen molar-refractivity contribution in [2.45, 2.75) is 56.4 Å². The predicted molar refractivity (Wildman–Crippen MR) is 92.2 cm³/mol. The van der Waals surface area contributed by atoms with Gasteiger partial charge in [-0.05, 0) is 43.2 Å². The molecule has 0 radical (unpaired) electrons. The first-order valence-corrected chi connectivity index (χ1v) is 9.43. The lowest BCUT2D eigenvalue weighted by atomic mass is 9.93. The van der Waals surface area contributed by atoms with E-state index in [1.807, 2.05) is 23.9 Å². The van der Waals surface area contributed by atoms with Crippen molar-refractivity contribution >= 4 is 35.0 Å². The summed E-state index contributed by atoms with van der Waals surface area (Å²) in [6, 6.07) is 6.96. The normalized spacial score (nSPS) is 24.6. The monoisotopic (exact) mass is 331 g/mol. The van der Waals surface area contributed by atoms with Crippen molar-refractivity contribution < 1.29 is 0 Å². The molecule has 1 saturated carbocycles. The highest BCUT2D eigenvalue weighted by Crippen LogP contribution is 2.31. The number of halogens is 2. The second-order valence-electron chi connectivity index (χ2n) is 5.47. The summed E-state index contributed by atoms with van der Waals surface area (Å²) in [5.41, 5.74) is 1.24. The molecule has 20 heavy (non-hydrogen) atoms. The number of hydrogen-bond acceptors (Lipinski definition) is 2. The molecule has 3 atom stereocenters. The Labute approximate surface area is 136 Å². The van der Waals surface area contributed by atoms with Gasteiger partial charge in [0.2, 0.25) is 0 Å². The van der Waals surface area contributed by atoms with E-state index in [0.29, 0.717) is 22.1 Å². The van der Waals surface area contributed by atoms with Gasteiger partial charge in [0, 0.05) is 17.3 Å². The van der Waals surface area contributed by atoms with Crippen LogP contribution in [0.1, 0.15) is 50.6 Å². The Hall–Kier alpha value is 0.110. The van der Waals surface area contributed by atoms with E-state index in [1.54, 1.807) is 0 Å². The Morgan fingerprint density at radius 1 is 1.25 bits per heavy atom. The van der Waals surface area contributed by atoms with Crippen LogP contribution < -0.4 is 5.32 Å². The largest absolute Gasteiger partial charge is 0.306 e. The van der Waals surface area contributed by atoms with E-state index in [-0.39, 0.29) is 0 Å². The molecule has 0 saturated heterocycles. The molecule has 3 unspecified atom stereocenters. The zero-order valence-corrected chi connectivity index (χ0v) is 14.5. The summed E-state index contributed by atoms with van der Waals surface area (Å²) in [6.07, 6.45) is 8.61. The Kier molecular flexibility index (Phi) is 6.54. The smallest absolute Gasteiger partial charge is 0.0595 e. The van der Waals surface area contributed by atoms with E-state index >= 15 is 0 Å². The molecule has 1 fully saturated rings. The molecule has 1 aromatic rings. The van der Waals surface area contributed by atoms with Gasteiger partial charge in [-0.1, -0.05) is 49.0 Å². The van der Waals surface area contributed by atoms with Crippen LogP contribution in [0.15, 0.2) is 18.2 Å². The lowest BCUT2D eigenvalue weighted by Crippen LogP contribution is -2.42. The first kappa shape index (κ1) is 16.5. The molecule has 0 amide bonds. The van der Waals surface area contributed by atoms with E-state index in [1.165, 1.54) is 31.2 Å². The van der Waals surface area contributed by atoms with Crippen LogP contribution in [0.3, 0.4) is 0 Å². The molecule has 0 heterocycles. The van der Waals surface area contributed by atoms with Crippen LogP contribution in [0.2, 0.25) is 10.0 Å². The molecular weight excluding hydrogens is 309 g/mol. The van der Waals surface area contributed by atoms with E-state index < -0.39 is 0 Å². The van der Waals surface area contributed by atoms with E-state index in [0.717, 1.165) is 11.7 Å². The van der Waals surface area contributed by atoms with Gasteiger partial charge in [0.15, 0.2) is 0 Å². The standard InChI is InChI=1S/C16H23Cl2NS/c1-3-14(11-8-9-12(17)13(18)10-11)19-15-6-4-5-7-16(15)20-2/h8-10,14-16,19H,3-7H2,1-2H3. The molecule has 4 heteroatoms. The maximum absolute atomic E-state index is 6.15. The van der Waals surface area contributed by atoms with E-state index in [2.05, 4.69) is 24.6 Å². The quantitative estimate of drug-likeness (QED) is 0.741. The Morgan fingerprint density at radius 3 is 2.65 bits per heavy atom. The maximum atomic E-state index is 6.15. The molecule has 1 aliphatic rings. The van der Waals surface area contributed by atoms with Gasteiger partial charge in [-0.2, -0.15) is 11.8 Å². The minimum atomic E-state index is 0.363. The molecule has 0 bridgehead atoms. The highest BCUT2D eigenvalue weighted by atomic mass is 35.5. The van der Waals surface area contributed by atoms with Crippen molar-refractivity contribution in [3.63, 3.8) is 0 Å². The maximum Gasteiger partial charge on any atom is 0.0595 e. The highest BCUT2D eigenvalue weighted by molar-refractivity contribution is 7.99. The first-order chi connectivity index (χ1) is 9.65. The third-order valence-corrected chi connectivity index (χ3v) is 6.08. The summed E-state index contributed by atoms with van der Waals surface area (Å²) in [6.45, 7) is 2.22. The third-order valence-electron chi connectivity index (χ3n) is 4.17. The average Bonchev–Trinajstić information content (AvgIpc) is 2.48. The molecule has 1 nitrogen and oxygen atoms in total. The number of rotatable bonds is 5. The Morgan fingerprint density at radius 2 is 2.00 bits per heavy atom. The van der Waals surface area contributed by atoms with Gasteiger partial charge >= 0.3 is 0 Å². The molecule has 1 aliphatic carbocycles. The molecular formula is C16H23Cl2NS. The lowest BCUT2D eigenvalue weighted by molar-refractivity contribution is 0.343. The van der Waals surface area contributed by atoms with Crippen LogP contribution in [0.25, 0.3) is 0 Å². The second kappa shape index (κ2) is 7.93. The van der Waals surface area contributed by atoms with Crippen LogP contribution in [0.5, 0.6) is 0 Å². The zero-order valence-electron chi connectivity index (χ0n) is 12.2. The third kappa shape index (κ3) is 4.07. The summed E-state index contributed by atoms with van der Waals surface area (Å²) in [7, 11) is 0. The van der Waals surface area contributed by atoms with E-state index in [9.17, 15) is 0 Å². The van der Waals surface area contributed by atoms with Crippen molar-refractivity contribution in [2.24, 2.45) is 0 Å². The van der Waals surface area contributed by atoms with Gasteiger partial charge in [0.05, 0.1) is 10.0 Å². The summed E-state index contributed by atoms with van der Waals surface area (Å²) in [4.78, 5) is 0. The summed E-state index contributed by atoms with van der Waals surface area (Å²) >= 11 is 14.2. The molecule has 1 aromatic carbocycles. The van der Waals surface area contributed by atoms with Crippen LogP contribution in [0, 0.1) is 0 Å². The van der Waals surface area contributed by atoms with Crippen molar-refractivity contribution in [2.75, 3.05) is 6.26 Å². The van der Waals surface area contributed by atoms with Crippen molar-refractivity contribution in [1.82, 2.24) is 5.32 Å². The molecule has 2 rings (SSSR count). The van der Waals surface area contributed by atoms with Crippen LogP contribution in [-0.2, 0) is 0 Å². The SMILES string of the molecule is CCC(NC1CCCCC1SC)c1ccc(Cl)c(Cl)c1. The molecule has 1 N–H and O–H groups in total. The van der Waals surface area contributed by atoms with E-state index in [4.69, 9.17) is 23.2 Å². The first-order valence-electron chi connectivity index (χ1n) is 7.39. The van der Waals surface area contributed by atoms with Crippen LogP contribution in [-0.4, -0.2) is 17.5 Å². The van der Waals surface area contributed by atoms with Gasteiger partial charge < -0.3 is 5.32 Å². The van der Waals surface area contributed by atoms with Crippen molar-refractivity contribution in [1.29, 1.82) is 0 Å². The lowest BCUT2D eigenvalue weighted by Gasteiger charge is -2.34. The van der Waals surface area contributed by atoms with Gasteiger partial charge in [0.25, 0.3) is 0 Å². The number of benzene rings is 1. The van der Waals surface area contributed by atoms with Crippen LogP contribution in [0.4, 0.5) is 0 Å². The fourth-order valence-electron chi connectivity index (χ4n) is 3.01. The topological polar surface area (TPSA) is 12.0 Å². The predicted octanol–water partition coefficient (Wildman–Crippen LogP) is 5.71. The Balaban J connectivity index is 2.09. The fraction of sp³-hybridized carbons (Fsp3) is 0.625. The minimum absolute atomic E-state index is 0.363. The highest BCUT2D eigenvalue weighted by Gasteiger charge is 2.26. The second-order valence-corrected chi connectivity index (χ2v) is 7.36. The minimum Gasteiger partial charge on any atom is -0.306 e. The summed E-state index contributed by atoms with van der Waals surface area (Å²) < 4.78 is 0. The van der Waals surface area contributed by atoms with Crippen molar-refractivity contribution in [3.8, 4) is 0 Å². The van der Waals surface area contributed by atoms with Gasteiger partial charge in [0.1, 0.15) is 0 Å². The molecule has 0 spiro atoms. The molecule has 0 aliphatic heterocycles. The van der Waals surface area contributed by atoms with Crippen LogP contribution >= 0.6 is 35.0 Å². The van der Waals surface area contributed by atoms with Gasteiger partial charge in [-0.25, -0.2) is 0 Å². The van der Waals surface area contributed by atoms with Gasteiger partial charge in [-0.15, -0.1) is 0 Å². The Bertz CT molecular complexity index is 438. The zero-order chi connectivity index (χ0) is 14.5. The summed E-state index contributed by atoms with van der Waals surface area (Å²) in [5.74, 6) is 0. The molecule has 0 aromatic heterocycles.